The van der Waals surface area contributed by atoms with Gasteiger partial charge >= 0.3 is 0 Å². The molecular weight excluding hydrogens is 216 g/mol. The Kier molecular flexibility index (Phi) is 3.78. The highest BCUT2D eigenvalue weighted by Crippen LogP contribution is 2.08. The lowest BCUT2D eigenvalue weighted by molar-refractivity contribution is -0.131. The molecule has 1 fully saturated rings. The Labute approximate surface area is 102 Å². The smallest absolute Gasteiger partial charge is 0.236 e. The molecule has 1 aliphatic rings. The van der Waals surface area contributed by atoms with Crippen LogP contribution < -0.4 is 0 Å². The van der Waals surface area contributed by atoms with Crippen molar-refractivity contribution in [3.63, 3.8) is 0 Å². The third kappa shape index (κ3) is 3.30. The van der Waals surface area contributed by atoms with Crippen molar-refractivity contribution in [2.45, 2.75) is 26.3 Å². The van der Waals surface area contributed by atoms with Crippen LogP contribution in [0.25, 0.3) is 0 Å². The second-order valence-electron chi connectivity index (χ2n) is 4.80. The third-order valence-electron chi connectivity index (χ3n) is 3.05. The van der Waals surface area contributed by atoms with E-state index in [4.69, 9.17) is 0 Å². The zero-order chi connectivity index (χ0) is 12.3. The van der Waals surface area contributed by atoms with E-state index in [9.17, 15) is 4.79 Å². The van der Waals surface area contributed by atoms with Crippen LogP contribution in [0.4, 0.5) is 0 Å². The molecule has 1 aliphatic heterocycles. The predicted molar refractivity (Wildman–Crippen MR) is 65.5 cm³/mol. The fourth-order valence-corrected chi connectivity index (χ4v) is 2.19. The number of likely N-dealkylation sites (tertiary alicyclic amines) is 1. The SMILES string of the molecule is Cc1cc(CN(C)CC(=O)N2CCCC2)n[nH]1. The number of hydrogen-bond acceptors (Lipinski definition) is 3. The van der Waals surface area contributed by atoms with Crippen LogP contribution in [0.15, 0.2) is 6.07 Å². The highest BCUT2D eigenvalue weighted by atomic mass is 16.2. The molecule has 17 heavy (non-hydrogen) atoms. The van der Waals surface area contributed by atoms with Gasteiger partial charge in [-0.05, 0) is 32.9 Å². The number of aryl methyl sites for hydroxylation is 1. The van der Waals surface area contributed by atoms with Gasteiger partial charge in [0.2, 0.25) is 5.91 Å². The lowest BCUT2D eigenvalue weighted by Gasteiger charge is -2.20. The maximum Gasteiger partial charge on any atom is 0.236 e. The number of carbonyl (C=O) groups excluding carboxylic acids is 1. The van der Waals surface area contributed by atoms with Crippen molar-refractivity contribution in [3.05, 3.63) is 17.5 Å². The van der Waals surface area contributed by atoms with Gasteiger partial charge in [-0.3, -0.25) is 14.8 Å². The summed E-state index contributed by atoms with van der Waals surface area (Å²) in [5.74, 6) is 0.234. The molecule has 1 amide bonds. The van der Waals surface area contributed by atoms with Gasteiger partial charge in [0.1, 0.15) is 0 Å². The van der Waals surface area contributed by atoms with Crippen LogP contribution in [-0.2, 0) is 11.3 Å². The summed E-state index contributed by atoms with van der Waals surface area (Å²) in [6.07, 6.45) is 2.29. The number of aromatic amines is 1. The molecular formula is C12H20N4O. The van der Waals surface area contributed by atoms with E-state index in [-0.39, 0.29) is 5.91 Å². The van der Waals surface area contributed by atoms with Crippen LogP contribution in [0.3, 0.4) is 0 Å². The van der Waals surface area contributed by atoms with Crippen molar-refractivity contribution in [1.82, 2.24) is 20.0 Å². The van der Waals surface area contributed by atoms with Gasteiger partial charge in [-0.15, -0.1) is 0 Å². The molecule has 2 heterocycles. The van der Waals surface area contributed by atoms with Gasteiger partial charge in [0.05, 0.1) is 12.2 Å². The summed E-state index contributed by atoms with van der Waals surface area (Å²) in [6.45, 7) is 5.02. The highest BCUT2D eigenvalue weighted by Gasteiger charge is 2.19. The molecule has 0 aliphatic carbocycles. The summed E-state index contributed by atoms with van der Waals surface area (Å²) >= 11 is 0. The average molecular weight is 236 g/mol. The van der Waals surface area contributed by atoms with Gasteiger partial charge in [0, 0.05) is 25.3 Å². The second kappa shape index (κ2) is 5.31. The molecule has 0 aromatic carbocycles. The van der Waals surface area contributed by atoms with Gasteiger partial charge in [0.15, 0.2) is 0 Å². The van der Waals surface area contributed by atoms with Crippen molar-refractivity contribution in [2.24, 2.45) is 0 Å². The monoisotopic (exact) mass is 236 g/mol. The van der Waals surface area contributed by atoms with Gasteiger partial charge in [-0.1, -0.05) is 0 Å². The molecule has 0 radical (unpaired) electrons. The quantitative estimate of drug-likeness (QED) is 0.840. The van der Waals surface area contributed by atoms with Crippen molar-refractivity contribution in [3.8, 4) is 0 Å². The number of nitrogens with zero attached hydrogens (tertiary/aromatic N) is 3. The van der Waals surface area contributed by atoms with Crippen LogP contribution in [-0.4, -0.2) is 52.6 Å². The molecule has 1 N–H and O–H groups in total. The van der Waals surface area contributed by atoms with E-state index in [0.29, 0.717) is 13.1 Å². The summed E-state index contributed by atoms with van der Waals surface area (Å²) in [7, 11) is 1.96. The Bertz CT molecular complexity index is 382. The van der Waals surface area contributed by atoms with Crippen LogP contribution in [0.5, 0.6) is 0 Å². The fraction of sp³-hybridized carbons (Fsp3) is 0.667. The zero-order valence-electron chi connectivity index (χ0n) is 10.6. The van der Waals surface area contributed by atoms with E-state index in [2.05, 4.69) is 10.2 Å². The molecule has 0 bridgehead atoms. The minimum Gasteiger partial charge on any atom is -0.342 e. The molecule has 5 nitrogen and oxygen atoms in total. The molecule has 2 rings (SSSR count). The van der Waals surface area contributed by atoms with Crippen molar-refractivity contribution >= 4 is 5.91 Å². The highest BCUT2D eigenvalue weighted by molar-refractivity contribution is 5.78. The molecule has 1 saturated heterocycles. The number of carbonyl (C=O) groups is 1. The van der Waals surface area contributed by atoms with Crippen LogP contribution >= 0.6 is 0 Å². The molecule has 0 saturated carbocycles. The van der Waals surface area contributed by atoms with E-state index in [0.717, 1.165) is 37.3 Å². The molecule has 0 unspecified atom stereocenters. The standard InChI is InChI=1S/C12H20N4O/c1-10-7-11(14-13-10)8-15(2)9-12(17)16-5-3-4-6-16/h7H,3-6,8-9H2,1-2H3,(H,13,14). The minimum absolute atomic E-state index is 0.234. The Morgan fingerprint density at radius 1 is 1.53 bits per heavy atom. The Morgan fingerprint density at radius 3 is 2.82 bits per heavy atom. The minimum atomic E-state index is 0.234. The van der Waals surface area contributed by atoms with E-state index < -0.39 is 0 Å². The number of amides is 1. The van der Waals surface area contributed by atoms with Crippen LogP contribution in [0, 0.1) is 6.92 Å². The maximum atomic E-state index is 11.9. The van der Waals surface area contributed by atoms with E-state index in [1.54, 1.807) is 0 Å². The number of likely N-dealkylation sites (N-methyl/N-ethyl adjacent to an activating group) is 1. The molecule has 5 heteroatoms. The van der Waals surface area contributed by atoms with Crippen molar-refractivity contribution < 1.29 is 4.79 Å². The van der Waals surface area contributed by atoms with Crippen molar-refractivity contribution in [1.29, 1.82) is 0 Å². The van der Waals surface area contributed by atoms with Gasteiger partial charge in [0.25, 0.3) is 0 Å². The number of hydrogen-bond donors (Lipinski definition) is 1. The largest absolute Gasteiger partial charge is 0.342 e. The first-order chi connectivity index (χ1) is 8.15. The average Bonchev–Trinajstić information content (AvgIpc) is 2.89. The second-order valence-corrected chi connectivity index (χ2v) is 4.80. The van der Waals surface area contributed by atoms with E-state index >= 15 is 0 Å². The Morgan fingerprint density at radius 2 is 2.24 bits per heavy atom. The normalized spacial score (nSPS) is 15.8. The Balaban J connectivity index is 1.80. The van der Waals surface area contributed by atoms with Crippen molar-refractivity contribution in [2.75, 3.05) is 26.7 Å². The van der Waals surface area contributed by atoms with E-state index in [1.165, 1.54) is 0 Å². The molecule has 0 spiro atoms. The summed E-state index contributed by atoms with van der Waals surface area (Å²) in [4.78, 5) is 15.9. The molecule has 94 valence electrons. The first kappa shape index (κ1) is 12.1. The molecule has 1 aromatic heterocycles. The summed E-state index contributed by atoms with van der Waals surface area (Å²) < 4.78 is 0. The van der Waals surface area contributed by atoms with Gasteiger partial charge < -0.3 is 4.90 Å². The lowest BCUT2D eigenvalue weighted by atomic mass is 10.3. The Hall–Kier alpha value is -1.36. The number of H-pyrrole nitrogens is 1. The summed E-state index contributed by atoms with van der Waals surface area (Å²) in [5.41, 5.74) is 2.04. The number of rotatable bonds is 4. The number of aromatic nitrogens is 2. The number of nitrogens with one attached hydrogen (secondary N) is 1. The van der Waals surface area contributed by atoms with Crippen LogP contribution in [0.2, 0.25) is 0 Å². The first-order valence-corrected chi connectivity index (χ1v) is 6.12. The van der Waals surface area contributed by atoms with Gasteiger partial charge in [-0.2, -0.15) is 5.10 Å². The van der Waals surface area contributed by atoms with E-state index in [1.807, 2.05) is 29.8 Å². The lowest BCUT2D eigenvalue weighted by Crippen LogP contribution is -2.37. The summed E-state index contributed by atoms with van der Waals surface area (Å²) in [6, 6.07) is 2.01. The topological polar surface area (TPSA) is 52.2 Å². The van der Waals surface area contributed by atoms with Gasteiger partial charge in [-0.25, -0.2) is 0 Å². The first-order valence-electron chi connectivity index (χ1n) is 6.12. The third-order valence-corrected chi connectivity index (χ3v) is 3.05. The predicted octanol–water partition coefficient (Wildman–Crippen LogP) is 0.772. The summed E-state index contributed by atoms with van der Waals surface area (Å²) in [5, 5.41) is 7.08. The molecule has 0 atom stereocenters. The zero-order valence-corrected chi connectivity index (χ0v) is 10.6. The van der Waals surface area contributed by atoms with Crippen LogP contribution in [0.1, 0.15) is 24.2 Å². The molecule has 1 aromatic rings. The fourth-order valence-electron chi connectivity index (χ4n) is 2.19. The maximum absolute atomic E-state index is 11.9.